The molecule has 0 spiro atoms. The van der Waals surface area contributed by atoms with Crippen LogP contribution >= 0.6 is 0 Å². The van der Waals surface area contributed by atoms with Crippen LogP contribution in [-0.4, -0.2) is 37.0 Å². The Morgan fingerprint density at radius 3 is 2.85 bits per heavy atom. The van der Waals surface area contributed by atoms with Crippen LogP contribution in [0.2, 0.25) is 0 Å². The molecule has 1 aromatic rings. The first kappa shape index (κ1) is 14.9. The number of rotatable bonds is 3. The number of carbonyl (C=O) groups is 1. The molecular formula is C16H24N2O2. The molecule has 1 aliphatic heterocycles. The van der Waals surface area contributed by atoms with Crippen molar-refractivity contribution < 1.29 is 9.53 Å². The fourth-order valence-corrected chi connectivity index (χ4v) is 2.78. The van der Waals surface area contributed by atoms with E-state index in [1.54, 1.807) is 7.11 Å². The summed E-state index contributed by atoms with van der Waals surface area (Å²) in [4.78, 5) is 14.6. The van der Waals surface area contributed by atoms with Crippen molar-refractivity contribution in [3.8, 4) is 5.75 Å². The molecule has 1 fully saturated rings. The maximum absolute atomic E-state index is 12.7. The van der Waals surface area contributed by atoms with Crippen LogP contribution in [0.3, 0.4) is 0 Å². The number of methoxy groups -OCH3 is 1. The monoisotopic (exact) mass is 276 g/mol. The van der Waals surface area contributed by atoms with Crippen molar-refractivity contribution in [1.82, 2.24) is 4.90 Å². The number of benzene rings is 1. The zero-order valence-electron chi connectivity index (χ0n) is 12.6. The Balaban J connectivity index is 2.21. The molecule has 0 aromatic heterocycles. The van der Waals surface area contributed by atoms with Gasteiger partial charge in [0.25, 0.3) is 5.91 Å². The lowest BCUT2D eigenvalue weighted by atomic mass is 9.93. The first-order chi connectivity index (χ1) is 9.56. The zero-order valence-corrected chi connectivity index (χ0v) is 12.6. The number of ether oxygens (including phenoxy) is 1. The molecule has 2 atom stereocenters. The minimum absolute atomic E-state index is 0.0777. The summed E-state index contributed by atoms with van der Waals surface area (Å²) >= 11 is 0. The van der Waals surface area contributed by atoms with E-state index in [1.807, 2.05) is 30.0 Å². The number of hydrogen-bond donors (Lipinski definition) is 1. The highest BCUT2D eigenvalue weighted by Crippen LogP contribution is 2.25. The Labute approximate surface area is 120 Å². The number of carbonyl (C=O) groups excluding carboxylic acids is 1. The Morgan fingerprint density at radius 2 is 2.20 bits per heavy atom. The molecule has 0 radical (unpaired) electrons. The third kappa shape index (κ3) is 2.96. The van der Waals surface area contributed by atoms with Gasteiger partial charge in [-0.1, -0.05) is 6.07 Å². The second kappa shape index (κ2) is 6.27. The van der Waals surface area contributed by atoms with E-state index in [4.69, 9.17) is 10.5 Å². The van der Waals surface area contributed by atoms with E-state index in [0.29, 0.717) is 18.0 Å². The van der Waals surface area contributed by atoms with E-state index in [0.717, 1.165) is 30.7 Å². The normalized spacial score (nSPS) is 22.7. The molecule has 0 saturated carbocycles. The van der Waals surface area contributed by atoms with Crippen molar-refractivity contribution in [2.75, 3.05) is 20.2 Å². The fourth-order valence-electron chi connectivity index (χ4n) is 2.78. The van der Waals surface area contributed by atoms with Crippen molar-refractivity contribution >= 4 is 5.91 Å². The van der Waals surface area contributed by atoms with Crippen molar-refractivity contribution in [2.24, 2.45) is 11.7 Å². The quantitative estimate of drug-likeness (QED) is 0.921. The highest BCUT2D eigenvalue weighted by molar-refractivity contribution is 5.95. The van der Waals surface area contributed by atoms with E-state index in [-0.39, 0.29) is 11.9 Å². The number of aryl methyl sites for hydroxylation is 1. The first-order valence-electron chi connectivity index (χ1n) is 7.22. The van der Waals surface area contributed by atoms with Crippen LogP contribution in [0.4, 0.5) is 0 Å². The highest BCUT2D eigenvalue weighted by Gasteiger charge is 2.29. The Hall–Kier alpha value is -1.55. The van der Waals surface area contributed by atoms with Crippen LogP contribution in [0.1, 0.15) is 35.7 Å². The largest absolute Gasteiger partial charge is 0.496 e. The van der Waals surface area contributed by atoms with Gasteiger partial charge in [0.1, 0.15) is 5.75 Å². The van der Waals surface area contributed by atoms with Crippen LogP contribution in [0.25, 0.3) is 0 Å². The van der Waals surface area contributed by atoms with Gasteiger partial charge >= 0.3 is 0 Å². The van der Waals surface area contributed by atoms with Gasteiger partial charge < -0.3 is 15.4 Å². The average molecular weight is 276 g/mol. The van der Waals surface area contributed by atoms with Crippen LogP contribution < -0.4 is 10.5 Å². The zero-order chi connectivity index (χ0) is 14.7. The topological polar surface area (TPSA) is 55.6 Å². The second-order valence-corrected chi connectivity index (χ2v) is 5.67. The summed E-state index contributed by atoms with van der Waals surface area (Å²) in [5, 5.41) is 0. The molecule has 2 N–H and O–H groups in total. The molecule has 0 aliphatic carbocycles. The van der Waals surface area contributed by atoms with Crippen molar-refractivity contribution in [1.29, 1.82) is 0 Å². The molecule has 110 valence electrons. The predicted molar refractivity (Wildman–Crippen MR) is 80.0 cm³/mol. The summed E-state index contributed by atoms with van der Waals surface area (Å²) in [6.07, 6.45) is 2.13. The van der Waals surface area contributed by atoms with Crippen LogP contribution in [-0.2, 0) is 0 Å². The van der Waals surface area contributed by atoms with Gasteiger partial charge in [0.15, 0.2) is 0 Å². The number of nitrogens with two attached hydrogens (primary N) is 1. The first-order valence-corrected chi connectivity index (χ1v) is 7.22. The Bertz CT molecular complexity index is 487. The minimum atomic E-state index is 0.0777. The van der Waals surface area contributed by atoms with Gasteiger partial charge in [-0.05, 0) is 56.8 Å². The van der Waals surface area contributed by atoms with Crippen LogP contribution in [0, 0.1) is 12.8 Å². The summed E-state index contributed by atoms with van der Waals surface area (Å²) in [7, 11) is 1.63. The van der Waals surface area contributed by atoms with Gasteiger partial charge in [0.2, 0.25) is 0 Å². The van der Waals surface area contributed by atoms with Gasteiger partial charge in [-0.3, -0.25) is 4.79 Å². The van der Waals surface area contributed by atoms with Gasteiger partial charge in [-0.15, -0.1) is 0 Å². The Kier molecular flexibility index (Phi) is 4.65. The lowest BCUT2D eigenvalue weighted by Crippen LogP contribution is -2.47. The van der Waals surface area contributed by atoms with Crippen molar-refractivity contribution in [3.63, 3.8) is 0 Å². The number of nitrogens with zero attached hydrogens (tertiary/aromatic N) is 1. The molecule has 1 aliphatic rings. The molecule has 0 bridgehead atoms. The van der Waals surface area contributed by atoms with Crippen molar-refractivity contribution in [3.05, 3.63) is 29.3 Å². The number of likely N-dealkylation sites (tertiary alicyclic amines) is 1. The summed E-state index contributed by atoms with van der Waals surface area (Å²) in [5.74, 6) is 1.26. The molecule has 2 rings (SSSR count). The number of piperidine rings is 1. The Morgan fingerprint density at radius 1 is 1.45 bits per heavy atom. The molecule has 2 unspecified atom stereocenters. The van der Waals surface area contributed by atoms with E-state index in [9.17, 15) is 4.79 Å². The lowest BCUT2D eigenvalue weighted by Gasteiger charge is -2.37. The third-order valence-electron chi connectivity index (χ3n) is 4.23. The maximum atomic E-state index is 12.7. The SMILES string of the molecule is COc1cc(C(=O)N2CC(CN)CCC2C)ccc1C. The minimum Gasteiger partial charge on any atom is -0.496 e. The second-order valence-electron chi connectivity index (χ2n) is 5.67. The highest BCUT2D eigenvalue weighted by atomic mass is 16.5. The van der Waals surface area contributed by atoms with E-state index < -0.39 is 0 Å². The van der Waals surface area contributed by atoms with E-state index in [2.05, 4.69) is 6.92 Å². The molecular weight excluding hydrogens is 252 g/mol. The molecule has 20 heavy (non-hydrogen) atoms. The summed E-state index contributed by atoms with van der Waals surface area (Å²) in [5.41, 5.74) is 7.49. The van der Waals surface area contributed by atoms with Gasteiger partial charge in [-0.2, -0.15) is 0 Å². The van der Waals surface area contributed by atoms with Gasteiger partial charge in [0.05, 0.1) is 7.11 Å². The summed E-state index contributed by atoms with van der Waals surface area (Å²) in [6, 6.07) is 5.91. The smallest absolute Gasteiger partial charge is 0.254 e. The third-order valence-corrected chi connectivity index (χ3v) is 4.23. The molecule has 1 aromatic carbocycles. The van der Waals surface area contributed by atoms with Gasteiger partial charge in [-0.25, -0.2) is 0 Å². The lowest BCUT2D eigenvalue weighted by molar-refractivity contribution is 0.0566. The predicted octanol–water partition coefficient (Wildman–Crippen LogP) is 2.20. The molecule has 4 nitrogen and oxygen atoms in total. The molecule has 1 amide bonds. The standard InChI is InChI=1S/C16H24N2O2/c1-11-4-7-14(8-15(11)20-3)16(19)18-10-13(9-17)6-5-12(18)2/h4,7-8,12-13H,5-6,9-10,17H2,1-3H3. The fraction of sp³-hybridized carbons (Fsp3) is 0.562. The van der Waals surface area contributed by atoms with E-state index >= 15 is 0 Å². The molecule has 1 heterocycles. The maximum Gasteiger partial charge on any atom is 0.254 e. The number of hydrogen-bond acceptors (Lipinski definition) is 3. The average Bonchev–Trinajstić information content (AvgIpc) is 2.47. The number of amides is 1. The van der Waals surface area contributed by atoms with E-state index in [1.165, 1.54) is 0 Å². The summed E-state index contributed by atoms with van der Waals surface area (Å²) in [6.45, 7) is 5.48. The molecule has 1 saturated heterocycles. The van der Waals surface area contributed by atoms with Crippen molar-refractivity contribution in [2.45, 2.75) is 32.7 Å². The summed E-state index contributed by atoms with van der Waals surface area (Å²) < 4.78 is 5.30. The van der Waals surface area contributed by atoms with Gasteiger partial charge in [0, 0.05) is 18.2 Å². The van der Waals surface area contributed by atoms with Crippen LogP contribution in [0.5, 0.6) is 5.75 Å². The van der Waals surface area contributed by atoms with Crippen LogP contribution in [0.15, 0.2) is 18.2 Å². The molecule has 4 heteroatoms.